The van der Waals surface area contributed by atoms with E-state index in [1.807, 2.05) is 0 Å². The van der Waals surface area contributed by atoms with Gasteiger partial charge in [0, 0.05) is 17.8 Å². The molecule has 0 saturated carbocycles. The molecule has 0 spiro atoms. The van der Waals surface area contributed by atoms with Crippen molar-refractivity contribution in [2.24, 2.45) is 0 Å². The minimum absolute atomic E-state index is 0.0449. The fourth-order valence-electron chi connectivity index (χ4n) is 2.71. The first-order valence-corrected chi connectivity index (χ1v) is 9.21. The second-order valence-electron chi connectivity index (χ2n) is 6.27. The number of fused-ring (bicyclic) bond motifs is 1. The molecule has 0 aliphatic carbocycles. The van der Waals surface area contributed by atoms with Crippen molar-refractivity contribution in [2.75, 3.05) is 25.1 Å². The van der Waals surface area contributed by atoms with Gasteiger partial charge in [0.1, 0.15) is 13.2 Å². The molecule has 10 nitrogen and oxygen atoms in total. The van der Waals surface area contributed by atoms with Gasteiger partial charge >= 0.3 is 11.7 Å². The van der Waals surface area contributed by atoms with E-state index < -0.39 is 22.9 Å². The van der Waals surface area contributed by atoms with Gasteiger partial charge in [-0.25, -0.2) is 4.79 Å². The first kappa shape index (κ1) is 20.9. The Morgan fingerprint density at radius 2 is 1.90 bits per heavy atom. The fraction of sp³-hybridized carbons (Fsp3) is 0.300. The van der Waals surface area contributed by atoms with Gasteiger partial charge in [-0.3, -0.25) is 14.9 Å². The highest BCUT2D eigenvalue weighted by atomic mass is 16.6. The number of nitro groups is 1. The summed E-state index contributed by atoms with van der Waals surface area (Å²) in [6, 6.07) is 8.62. The van der Waals surface area contributed by atoms with E-state index in [9.17, 15) is 19.7 Å². The third kappa shape index (κ3) is 4.77. The number of esters is 1. The van der Waals surface area contributed by atoms with Crippen LogP contribution in [-0.4, -0.2) is 42.7 Å². The number of rotatable bonds is 7. The van der Waals surface area contributed by atoms with E-state index >= 15 is 0 Å². The number of benzene rings is 2. The quantitative estimate of drug-likeness (QED) is 0.415. The molecule has 158 valence electrons. The smallest absolute Gasteiger partial charge is 0.339 e. The zero-order valence-electron chi connectivity index (χ0n) is 16.4. The van der Waals surface area contributed by atoms with Crippen LogP contribution in [0, 0.1) is 10.1 Å². The highest BCUT2D eigenvalue weighted by Gasteiger charge is 2.23. The van der Waals surface area contributed by atoms with Crippen molar-refractivity contribution < 1.29 is 33.5 Å². The molecule has 1 N–H and O–H groups in total. The maximum atomic E-state index is 12.4. The van der Waals surface area contributed by atoms with Gasteiger partial charge < -0.3 is 24.3 Å². The zero-order valence-corrected chi connectivity index (χ0v) is 16.4. The molecule has 1 atom stereocenters. The molecule has 0 unspecified atom stereocenters. The highest BCUT2D eigenvalue weighted by molar-refractivity contribution is 5.97. The number of nitrogens with zero attached hydrogens (tertiary/aromatic N) is 1. The second kappa shape index (κ2) is 9.12. The summed E-state index contributed by atoms with van der Waals surface area (Å²) in [6.07, 6.45) is -1.14. The molecule has 0 bridgehead atoms. The topological polar surface area (TPSA) is 126 Å². The molecule has 1 aliphatic heterocycles. The predicted molar refractivity (Wildman–Crippen MR) is 105 cm³/mol. The fourth-order valence-corrected chi connectivity index (χ4v) is 2.71. The Morgan fingerprint density at radius 1 is 1.17 bits per heavy atom. The Hall–Kier alpha value is -3.82. The molecule has 10 heteroatoms. The van der Waals surface area contributed by atoms with Crippen molar-refractivity contribution in [1.29, 1.82) is 0 Å². The molecule has 30 heavy (non-hydrogen) atoms. The predicted octanol–water partition coefficient (Wildman–Crippen LogP) is 2.95. The number of carbonyl (C=O) groups excluding carboxylic acids is 2. The SMILES string of the molecule is CCOc1ccc(C(=O)O[C@@H](C)C(=O)Nc2ccc3c(c2)OCCO3)cc1[N+](=O)[O-]. The van der Waals surface area contributed by atoms with E-state index in [4.69, 9.17) is 18.9 Å². The van der Waals surface area contributed by atoms with E-state index in [1.54, 1.807) is 25.1 Å². The van der Waals surface area contributed by atoms with Crippen LogP contribution in [0.3, 0.4) is 0 Å². The maximum Gasteiger partial charge on any atom is 0.339 e. The van der Waals surface area contributed by atoms with Crippen molar-refractivity contribution in [3.05, 3.63) is 52.1 Å². The summed E-state index contributed by atoms with van der Waals surface area (Å²) >= 11 is 0. The van der Waals surface area contributed by atoms with Crippen LogP contribution in [0.25, 0.3) is 0 Å². The average Bonchev–Trinajstić information content (AvgIpc) is 2.73. The van der Waals surface area contributed by atoms with Gasteiger partial charge in [-0.05, 0) is 38.1 Å². The van der Waals surface area contributed by atoms with Crippen molar-refractivity contribution in [3.8, 4) is 17.2 Å². The van der Waals surface area contributed by atoms with E-state index in [-0.39, 0.29) is 23.6 Å². The molecule has 2 aromatic carbocycles. The maximum absolute atomic E-state index is 12.4. The Bertz CT molecular complexity index is 975. The lowest BCUT2D eigenvalue weighted by molar-refractivity contribution is -0.385. The molecule has 3 rings (SSSR count). The van der Waals surface area contributed by atoms with Gasteiger partial charge in [0.25, 0.3) is 5.91 Å². The molecule has 1 heterocycles. The molecule has 0 aromatic heterocycles. The molecular formula is C20H20N2O8. The van der Waals surface area contributed by atoms with Crippen molar-refractivity contribution in [3.63, 3.8) is 0 Å². The van der Waals surface area contributed by atoms with Crippen molar-refractivity contribution >= 4 is 23.3 Å². The Morgan fingerprint density at radius 3 is 2.60 bits per heavy atom. The third-order valence-corrected chi connectivity index (χ3v) is 4.15. The monoisotopic (exact) mass is 416 g/mol. The second-order valence-corrected chi connectivity index (χ2v) is 6.27. The van der Waals surface area contributed by atoms with Gasteiger partial charge in [0.05, 0.1) is 17.1 Å². The number of amides is 1. The molecule has 1 aliphatic rings. The van der Waals surface area contributed by atoms with Crippen LogP contribution in [0.1, 0.15) is 24.2 Å². The van der Waals surface area contributed by atoms with Gasteiger partial charge in [0.15, 0.2) is 23.4 Å². The summed E-state index contributed by atoms with van der Waals surface area (Å²) in [4.78, 5) is 35.3. The largest absolute Gasteiger partial charge is 0.487 e. The van der Waals surface area contributed by atoms with E-state index in [0.29, 0.717) is 30.4 Å². The van der Waals surface area contributed by atoms with E-state index in [2.05, 4.69) is 5.32 Å². The number of nitro benzene ring substituents is 1. The Balaban J connectivity index is 1.65. The van der Waals surface area contributed by atoms with Crippen LogP contribution < -0.4 is 19.5 Å². The van der Waals surface area contributed by atoms with Gasteiger partial charge in [-0.1, -0.05) is 0 Å². The van der Waals surface area contributed by atoms with E-state index in [0.717, 1.165) is 6.07 Å². The lowest BCUT2D eigenvalue weighted by atomic mass is 10.2. The number of hydrogen-bond acceptors (Lipinski definition) is 8. The lowest BCUT2D eigenvalue weighted by Crippen LogP contribution is -2.30. The minimum Gasteiger partial charge on any atom is -0.487 e. The lowest BCUT2D eigenvalue weighted by Gasteiger charge is -2.19. The first-order valence-electron chi connectivity index (χ1n) is 9.21. The van der Waals surface area contributed by atoms with Crippen LogP contribution in [0.2, 0.25) is 0 Å². The standard InChI is InChI=1S/C20H20N2O8/c1-3-27-16-6-4-13(10-15(16)22(25)26)20(24)30-12(2)19(23)21-14-5-7-17-18(11-14)29-9-8-28-17/h4-7,10-12H,3,8-9H2,1-2H3,(H,21,23)/t12-/m0/s1. The summed E-state index contributed by atoms with van der Waals surface area (Å²) in [5, 5.41) is 13.8. The number of nitrogens with one attached hydrogen (secondary N) is 1. The number of ether oxygens (including phenoxy) is 4. The average molecular weight is 416 g/mol. The van der Waals surface area contributed by atoms with E-state index in [1.165, 1.54) is 19.1 Å². The third-order valence-electron chi connectivity index (χ3n) is 4.15. The minimum atomic E-state index is -1.14. The normalized spacial score (nSPS) is 13.1. The highest BCUT2D eigenvalue weighted by Crippen LogP contribution is 2.32. The van der Waals surface area contributed by atoms with Crippen LogP contribution >= 0.6 is 0 Å². The molecule has 0 saturated heterocycles. The zero-order chi connectivity index (χ0) is 21.7. The van der Waals surface area contributed by atoms with Gasteiger partial charge in [0.2, 0.25) is 0 Å². The summed E-state index contributed by atoms with van der Waals surface area (Å²) in [7, 11) is 0. The molecule has 2 aromatic rings. The summed E-state index contributed by atoms with van der Waals surface area (Å²) in [5.74, 6) is -0.309. The molecule has 0 fully saturated rings. The summed E-state index contributed by atoms with van der Waals surface area (Å²) in [6.45, 7) is 4.19. The molecular weight excluding hydrogens is 396 g/mol. The Kier molecular flexibility index (Phi) is 6.35. The number of anilines is 1. The van der Waals surface area contributed by atoms with Crippen molar-refractivity contribution in [1.82, 2.24) is 0 Å². The molecule has 1 amide bonds. The Labute approximate surface area is 171 Å². The van der Waals surface area contributed by atoms with Gasteiger partial charge in [-0.15, -0.1) is 0 Å². The van der Waals surface area contributed by atoms with Crippen molar-refractivity contribution in [2.45, 2.75) is 20.0 Å². The van der Waals surface area contributed by atoms with Crippen LogP contribution in [0.4, 0.5) is 11.4 Å². The van der Waals surface area contributed by atoms with Crippen LogP contribution in [0.5, 0.6) is 17.2 Å². The summed E-state index contributed by atoms with van der Waals surface area (Å²) < 4.78 is 21.2. The van der Waals surface area contributed by atoms with Crippen LogP contribution in [-0.2, 0) is 9.53 Å². The van der Waals surface area contributed by atoms with Gasteiger partial charge in [-0.2, -0.15) is 0 Å². The molecule has 0 radical (unpaired) electrons. The summed E-state index contributed by atoms with van der Waals surface area (Å²) in [5.41, 5.74) is 0.0210. The van der Waals surface area contributed by atoms with Crippen LogP contribution in [0.15, 0.2) is 36.4 Å². The number of carbonyl (C=O) groups is 2. The first-order chi connectivity index (χ1) is 14.4. The number of hydrogen-bond donors (Lipinski definition) is 1.